The summed E-state index contributed by atoms with van der Waals surface area (Å²) in [5.74, 6) is -2.71. The van der Waals surface area contributed by atoms with E-state index in [-0.39, 0.29) is 19.4 Å². The third-order valence-electron chi connectivity index (χ3n) is 2.10. The molecule has 2 atom stereocenters. The molecular weight excluding hydrogens is 214 g/mol. The first-order chi connectivity index (χ1) is 7.38. The molecule has 0 saturated carbocycles. The van der Waals surface area contributed by atoms with Gasteiger partial charge in [-0.15, -0.1) is 0 Å². The van der Waals surface area contributed by atoms with Crippen LogP contribution in [0.15, 0.2) is 0 Å². The van der Waals surface area contributed by atoms with Crippen LogP contribution in [-0.2, 0) is 14.4 Å². The zero-order chi connectivity index (χ0) is 12.7. The van der Waals surface area contributed by atoms with Crippen molar-refractivity contribution in [2.75, 3.05) is 6.54 Å². The highest BCUT2D eigenvalue weighted by molar-refractivity contribution is 5.85. The molecule has 6 N–H and O–H groups in total. The molecule has 2 unspecified atom stereocenters. The summed E-state index contributed by atoms with van der Waals surface area (Å²) < 4.78 is 0. The maximum atomic E-state index is 11.4. The van der Waals surface area contributed by atoms with E-state index >= 15 is 0 Å². The number of primary amides is 1. The van der Waals surface area contributed by atoms with Gasteiger partial charge >= 0.3 is 5.97 Å². The van der Waals surface area contributed by atoms with Crippen molar-refractivity contribution in [1.82, 2.24) is 5.32 Å². The second-order valence-electron chi connectivity index (χ2n) is 3.54. The number of carbonyl (C=O) groups excluding carboxylic acids is 2. The molecular formula is C9H17N3O4. The number of carboxylic acids is 1. The third kappa shape index (κ3) is 5.30. The fourth-order valence-electron chi connectivity index (χ4n) is 0.965. The predicted molar refractivity (Wildman–Crippen MR) is 56.2 cm³/mol. The Hall–Kier alpha value is -1.63. The van der Waals surface area contributed by atoms with Crippen LogP contribution in [0.25, 0.3) is 0 Å². The molecule has 0 aliphatic rings. The van der Waals surface area contributed by atoms with Crippen LogP contribution < -0.4 is 16.8 Å². The van der Waals surface area contributed by atoms with Crippen LogP contribution in [-0.4, -0.2) is 35.5 Å². The summed E-state index contributed by atoms with van der Waals surface area (Å²) in [4.78, 5) is 32.6. The highest BCUT2D eigenvalue weighted by atomic mass is 16.4. The summed E-state index contributed by atoms with van der Waals surface area (Å²) in [5.41, 5.74) is 10.2. The molecule has 0 aliphatic carbocycles. The van der Waals surface area contributed by atoms with Crippen molar-refractivity contribution in [2.45, 2.75) is 25.8 Å². The van der Waals surface area contributed by atoms with Crippen LogP contribution in [0.1, 0.15) is 19.8 Å². The lowest BCUT2D eigenvalue weighted by molar-refractivity contribution is -0.142. The van der Waals surface area contributed by atoms with Crippen LogP contribution in [0.4, 0.5) is 0 Å². The zero-order valence-electron chi connectivity index (χ0n) is 9.10. The van der Waals surface area contributed by atoms with Crippen molar-refractivity contribution < 1.29 is 19.5 Å². The Bertz CT molecular complexity index is 280. The van der Waals surface area contributed by atoms with Crippen molar-refractivity contribution >= 4 is 17.8 Å². The Balaban J connectivity index is 4.28. The number of aliphatic carboxylic acids is 1. The predicted octanol–water partition coefficient (Wildman–Crippen LogP) is -1.58. The zero-order valence-corrected chi connectivity index (χ0v) is 9.10. The van der Waals surface area contributed by atoms with Gasteiger partial charge in [-0.2, -0.15) is 0 Å². The molecule has 0 fully saturated rings. The van der Waals surface area contributed by atoms with Crippen molar-refractivity contribution in [3.63, 3.8) is 0 Å². The van der Waals surface area contributed by atoms with Gasteiger partial charge in [0.05, 0.1) is 0 Å². The highest BCUT2D eigenvalue weighted by Crippen LogP contribution is 2.00. The summed E-state index contributed by atoms with van der Waals surface area (Å²) in [5, 5.41) is 11.1. The molecule has 0 aromatic rings. The van der Waals surface area contributed by atoms with E-state index in [1.54, 1.807) is 6.92 Å². The van der Waals surface area contributed by atoms with Gasteiger partial charge in [0, 0.05) is 18.9 Å². The van der Waals surface area contributed by atoms with Gasteiger partial charge in [-0.1, -0.05) is 6.92 Å². The van der Waals surface area contributed by atoms with Crippen molar-refractivity contribution in [3.05, 3.63) is 0 Å². The minimum absolute atomic E-state index is 0.0201. The first-order valence-electron chi connectivity index (χ1n) is 4.90. The van der Waals surface area contributed by atoms with Gasteiger partial charge in [0.1, 0.15) is 6.04 Å². The monoisotopic (exact) mass is 231 g/mol. The maximum Gasteiger partial charge on any atom is 0.326 e. The largest absolute Gasteiger partial charge is 0.480 e. The highest BCUT2D eigenvalue weighted by Gasteiger charge is 2.22. The van der Waals surface area contributed by atoms with E-state index in [4.69, 9.17) is 16.6 Å². The Morgan fingerprint density at radius 1 is 1.38 bits per heavy atom. The van der Waals surface area contributed by atoms with E-state index in [0.717, 1.165) is 0 Å². The van der Waals surface area contributed by atoms with E-state index in [9.17, 15) is 14.4 Å². The van der Waals surface area contributed by atoms with Gasteiger partial charge in [0.2, 0.25) is 11.8 Å². The molecule has 0 saturated heterocycles. The topological polar surface area (TPSA) is 136 Å². The summed E-state index contributed by atoms with van der Waals surface area (Å²) in [6, 6.07) is -1.10. The van der Waals surface area contributed by atoms with E-state index in [2.05, 4.69) is 5.32 Å². The SMILES string of the molecule is CC(CN)C(=O)NC(CCC(N)=O)C(=O)O. The molecule has 0 aromatic carbocycles. The molecule has 7 heteroatoms. The molecule has 7 nitrogen and oxygen atoms in total. The number of nitrogens with two attached hydrogens (primary N) is 2. The molecule has 0 aliphatic heterocycles. The van der Waals surface area contributed by atoms with Crippen molar-refractivity contribution in [1.29, 1.82) is 0 Å². The fraction of sp³-hybridized carbons (Fsp3) is 0.667. The molecule has 2 amide bonds. The van der Waals surface area contributed by atoms with Crippen LogP contribution in [0.3, 0.4) is 0 Å². The molecule has 0 radical (unpaired) electrons. The molecule has 0 rings (SSSR count). The Morgan fingerprint density at radius 2 is 1.94 bits per heavy atom. The Labute approximate surface area is 93.2 Å². The summed E-state index contributed by atoms with van der Waals surface area (Å²) in [6.45, 7) is 1.72. The molecule has 0 heterocycles. The van der Waals surface area contributed by atoms with Crippen LogP contribution >= 0.6 is 0 Å². The van der Waals surface area contributed by atoms with Crippen molar-refractivity contribution in [2.24, 2.45) is 17.4 Å². The van der Waals surface area contributed by atoms with Gasteiger partial charge in [-0.3, -0.25) is 9.59 Å². The van der Waals surface area contributed by atoms with Gasteiger partial charge in [0.25, 0.3) is 0 Å². The lowest BCUT2D eigenvalue weighted by Gasteiger charge is -2.16. The number of carbonyl (C=O) groups is 3. The number of carboxylic acid groups (broad SMARTS) is 1. The Morgan fingerprint density at radius 3 is 2.31 bits per heavy atom. The van der Waals surface area contributed by atoms with Crippen LogP contribution in [0, 0.1) is 5.92 Å². The van der Waals surface area contributed by atoms with Crippen LogP contribution in [0.2, 0.25) is 0 Å². The number of nitrogens with one attached hydrogen (secondary N) is 1. The standard InChI is InChI=1S/C9H17N3O4/c1-5(4-10)8(14)12-6(9(15)16)2-3-7(11)13/h5-6H,2-4,10H2,1H3,(H2,11,13)(H,12,14)(H,15,16). The second-order valence-corrected chi connectivity index (χ2v) is 3.54. The normalized spacial score (nSPS) is 13.9. The summed E-state index contributed by atoms with van der Waals surface area (Å²) >= 11 is 0. The molecule has 92 valence electrons. The lowest BCUT2D eigenvalue weighted by Crippen LogP contribution is -2.44. The summed E-state index contributed by atoms with van der Waals surface area (Å²) in [6.07, 6.45) is -0.109. The molecule has 16 heavy (non-hydrogen) atoms. The average molecular weight is 231 g/mol. The minimum atomic E-state index is -1.20. The molecule has 0 aromatic heterocycles. The van der Waals surface area contributed by atoms with E-state index < -0.39 is 29.7 Å². The summed E-state index contributed by atoms with van der Waals surface area (Å²) in [7, 11) is 0. The first kappa shape index (κ1) is 14.4. The average Bonchev–Trinajstić information content (AvgIpc) is 2.21. The van der Waals surface area contributed by atoms with E-state index in [1.165, 1.54) is 0 Å². The smallest absolute Gasteiger partial charge is 0.326 e. The number of hydrogen-bond donors (Lipinski definition) is 4. The number of rotatable bonds is 7. The second kappa shape index (κ2) is 6.78. The Kier molecular flexibility index (Phi) is 6.09. The number of amides is 2. The fourth-order valence-corrected chi connectivity index (χ4v) is 0.965. The molecule has 0 bridgehead atoms. The van der Waals surface area contributed by atoms with Gasteiger partial charge < -0.3 is 21.9 Å². The van der Waals surface area contributed by atoms with E-state index in [0.29, 0.717) is 0 Å². The number of hydrogen-bond acceptors (Lipinski definition) is 4. The molecule has 0 spiro atoms. The lowest BCUT2D eigenvalue weighted by atomic mass is 10.1. The third-order valence-corrected chi connectivity index (χ3v) is 2.10. The minimum Gasteiger partial charge on any atom is -0.480 e. The van der Waals surface area contributed by atoms with Gasteiger partial charge in [-0.25, -0.2) is 4.79 Å². The quantitative estimate of drug-likeness (QED) is 0.419. The van der Waals surface area contributed by atoms with Crippen LogP contribution in [0.5, 0.6) is 0 Å². The van der Waals surface area contributed by atoms with Gasteiger partial charge in [-0.05, 0) is 6.42 Å². The maximum absolute atomic E-state index is 11.4. The van der Waals surface area contributed by atoms with E-state index in [1.807, 2.05) is 0 Å². The first-order valence-corrected chi connectivity index (χ1v) is 4.90. The van der Waals surface area contributed by atoms with Gasteiger partial charge in [0.15, 0.2) is 0 Å². The van der Waals surface area contributed by atoms with Crippen molar-refractivity contribution in [3.8, 4) is 0 Å².